The fraction of sp³-hybridized carbons (Fsp3) is 0.167. The lowest BCUT2D eigenvalue weighted by Crippen LogP contribution is -2.52. The van der Waals surface area contributed by atoms with Crippen molar-refractivity contribution in [3.63, 3.8) is 0 Å². The summed E-state index contributed by atoms with van der Waals surface area (Å²) in [6, 6.07) is 9.86. The SMILES string of the molecule is Cc1cc(CN2C(=O)CC(=O)NC2=O)c(O)c(-n2nc3ccccc3n2)c1. The van der Waals surface area contributed by atoms with E-state index in [1.165, 1.54) is 4.80 Å². The van der Waals surface area contributed by atoms with Gasteiger partial charge in [-0.2, -0.15) is 0 Å². The minimum Gasteiger partial charge on any atom is -0.505 e. The molecular formula is C18H15N5O4. The lowest BCUT2D eigenvalue weighted by atomic mass is 10.1. The Labute approximate surface area is 153 Å². The monoisotopic (exact) mass is 365 g/mol. The van der Waals surface area contributed by atoms with Crippen molar-refractivity contribution >= 4 is 28.9 Å². The topological polar surface area (TPSA) is 117 Å². The number of nitrogens with zero attached hydrogens (tertiary/aromatic N) is 4. The first-order chi connectivity index (χ1) is 12.9. The minimum atomic E-state index is -0.804. The summed E-state index contributed by atoms with van der Waals surface area (Å²) in [4.78, 5) is 37.5. The molecule has 3 aromatic rings. The minimum absolute atomic E-state index is 0.140. The third-order valence-corrected chi connectivity index (χ3v) is 4.25. The summed E-state index contributed by atoms with van der Waals surface area (Å²) in [6.07, 6.45) is -0.405. The van der Waals surface area contributed by atoms with Gasteiger partial charge in [-0.05, 0) is 30.7 Å². The molecule has 2 aromatic carbocycles. The van der Waals surface area contributed by atoms with Gasteiger partial charge in [0, 0.05) is 5.56 Å². The Morgan fingerprint density at radius 3 is 2.41 bits per heavy atom. The van der Waals surface area contributed by atoms with Crippen LogP contribution in [-0.2, 0) is 16.1 Å². The number of phenolic OH excluding ortho intramolecular Hbond substituents is 1. The van der Waals surface area contributed by atoms with Crippen LogP contribution in [0.3, 0.4) is 0 Å². The third-order valence-electron chi connectivity index (χ3n) is 4.25. The van der Waals surface area contributed by atoms with Crippen molar-refractivity contribution in [1.29, 1.82) is 0 Å². The molecule has 9 heteroatoms. The van der Waals surface area contributed by atoms with E-state index in [9.17, 15) is 19.5 Å². The van der Waals surface area contributed by atoms with Gasteiger partial charge in [-0.3, -0.25) is 19.8 Å². The number of aryl methyl sites for hydroxylation is 1. The predicted molar refractivity (Wildman–Crippen MR) is 94.0 cm³/mol. The van der Waals surface area contributed by atoms with Crippen LogP contribution in [0, 0.1) is 6.92 Å². The van der Waals surface area contributed by atoms with Crippen LogP contribution in [0.25, 0.3) is 16.7 Å². The maximum atomic E-state index is 12.0. The number of aromatic nitrogens is 3. The number of amides is 4. The number of carbonyl (C=O) groups excluding carboxylic acids is 3. The Bertz CT molecular complexity index is 1050. The van der Waals surface area contributed by atoms with E-state index in [2.05, 4.69) is 15.5 Å². The number of benzene rings is 2. The van der Waals surface area contributed by atoms with Crippen molar-refractivity contribution in [1.82, 2.24) is 25.2 Å². The molecule has 1 saturated heterocycles. The number of nitrogens with one attached hydrogen (secondary N) is 1. The second kappa shape index (κ2) is 6.20. The Balaban J connectivity index is 1.73. The van der Waals surface area contributed by atoms with E-state index in [1.807, 2.05) is 19.1 Å². The maximum absolute atomic E-state index is 12.0. The van der Waals surface area contributed by atoms with E-state index in [0.29, 0.717) is 22.3 Å². The van der Waals surface area contributed by atoms with Crippen LogP contribution >= 0.6 is 0 Å². The van der Waals surface area contributed by atoms with Crippen LogP contribution in [0.5, 0.6) is 5.75 Å². The first kappa shape index (κ1) is 16.7. The number of rotatable bonds is 3. The summed E-state index contributed by atoms with van der Waals surface area (Å²) in [5.41, 5.74) is 2.82. The Hall–Kier alpha value is -3.75. The normalized spacial score (nSPS) is 14.7. The van der Waals surface area contributed by atoms with E-state index in [-0.39, 0.29) is 12.3 Å². The zero-order valence-electron chi connectivity index (χ0n) is 14.3. The predicted octanol–water partition coefficient (Wildman–Crippen LogP) is 1.40. The second-order valence-electron chi connectivity index (χ2n) is 6.28. The van der Waals surface area contributed by atoms with Gasteiger partial charge in [-0.1, -0.05) is 18.2 Å². The smallest absolute Gasteiger partial charge is 0.331 e. The number of aromatic hydroxyl groups is 1. The lowest BCUT2D eigenvalue weighted by molar-refractivity contribution is -0.136. The lowest BCUT2D eigenvalue weighted by Gasteiger charge is -2.25. The highest BCUT2D eigenvalue weighted by molar-refractivity contribution is 6.14. The molecular weight excluding hydrogens is 350 g/mol. The highest BCUT2D eigenvalue weighted by Crippen LogP contribution is 2.29. The van der Waals surface area contributed by atoms with Crippen LogP contribution in [-0.4, -0.2) is 42.8 Å². The molecule has 0 bridgehead atoms. The quantitative estimate of drug-likeness (QED) is 0.678. The van der Waals surface area contributed by atoms with Crippen LogP contribution in [0.15, 0.2) is 36.4 Å². The van der Waals surface area contributed by atoms with Gasteiger partial charge in [-0.15, -0.1) is 15.0 Å². The van der Waals surface area contributed by atoms with Gasteiger partial charge < -0.3 is 5.11 Å². The number of hydrogen-bond acceptors (Lipinski definition) is 6. The molecule has 4 rings (SSSR count). The molecule has 4 amide bonds. The van der Waals surface area contributed by atoms with Crippen molar-refractivity contribution in [2.75, 3.05) is 0 Å². The van der Waals surface area contributed by atoms with E-state index in [0.717, 1.165) is 10.5 Å². The highest BCUT2D eigenvalue weighted by Gasteiger charge is 2.31. The highest BCUT2D eigenvalue weighted by atomic mass is 16.3. The molecule has 0 unspecified atom stereocenters. The van der Waals surface area contributed by atoms with Crippen molar-refractivity contribution < 1.29 is 19.5 Å². The molecule has 0 saturated carbocycles. The molecule has 1 fully saturated rings. The molecule has 136 valence electrons. The van der Waals surface area contributed by atoms with Crippen molar-refractivity contribution in [3.8, 4) is 11.4 Å². The molecule has 27 heavy (non-hydrogen) atoms. The third kappa shape index (κ3) is 2.99. The number of barbiturate groups is 1. The number of urea groups is 1. The van der Waals surface area contributed by atoms with Gasteiger partial charge in [0.1, 0.15) is 28.9 Å². The van der Waals surface area contributed by atoms with E-state index >= 15 is 0 Å². The summed E-state index contributed by atoms with van der Waals surface area (Å²) in [5, 5.41) is 21.5. The van der Waals surface area contributed by atoms with Gasteiger partial charge in [0.2, 0.25) is 11.8 Å². The molecule has 9 nitrogen and oxygen atoms in total. The van der Waals surface area contributed by atoms with Crippen LogP contribution in [0.2, 0.25) is 0 Å². The van der Waals surface area contributed by atoms with Gasteiger partial charge in [0.05, 0.1) is 6.54 Å². The molecule has 2 N–H and O–H groups in total. The fourth-order valence-electron chi connectivity index (χ4n) is 2.98. The second-order valence-corrected chi connectivity index (χ2v) is 6.28. The van der Waals surface area contributed by atoms with Gasteiger partial charge >= 0.3 is 6.03 Å². The Morgan fingerprint density at radius 2 is 1.78 bits per heavy atom. The zero-order chi connectivity index (χ0) is 19.1. The molecule has 0 aliphatic carbocycles. The summed E-state index contributed by atoms with van der Waals surface area (Å²) < 4.78 is 0. The van der Waals surface area contributed by atoms with E-state index in [1.54, 1.807) is 24.3 Å². The molecule has 1 aromatic heterocycles. The number of carbonyl (C=O) groups is 3. The van der Waals surface area contributed by atoms with E-state index in [4.69, 9.17) is 0 Å². The summed E-state index contributed by atoms with van der Waals surface area (Å²) >= 11 is 0. The number of fused-ring (bicyclic) bond motifs is 1. The van der Waals surface area contributed by atoms with Crippen molar-refractivity contribution in [3.05, 3.63) is 47.5 Å². The first-order valence-electron chi connectivity index (χ1n) is 8.21. The average Bonchev–Trinajstić information content (AvgIpc) is 3.04. The number of phenols is 1. The van der Waals surface area contributed by atoms with Crippen LogP contribution < -0.4 is 5.32 Å². The number of imide groups is 2. The van der Waals surface area contributed by atoms with Gasteiger partial charge in [0.25, 0.3) is 0 Å². The van der Waals surface area contributed by atoms with Crippen LogP contribution in [0.1, 0.15) is 17.5 Å². The van der Waals surface area contributed by atoms with Crippen molar-refractivity contribution in [2.24, 2.45) is 0 Å². The van der Waals surface area contributed by atoms with E-state index < -0.39 is 24.3 Å². The largest absolute Gasteiger partial charge is 0.505 e. The summed E-state index contributed by atoms with van der Waals surface area (Å²) in [7, 11) is 0. The summed E-state index contributed by atoms with van der Waals surface area (Å²) in [5.74, 6) is -1.39. The van der Waals surface area contributed by atoms with Crippen molar-refractivity contribution in [2.45, 2.75) is 19.9 Å². The maximum Gasteiger partial charge on any atom is 0.331 e. The molecule has 0 radical (unpaired) electrons. The number of hydrogen-bond donors (Lipinski definition) is 2. The zero-order valence-corrected chi connectivity index (χ0v) is 14.3. The molecule has 1 aliphatic rings. The van der Waals surface area contributed by atoms with Crippen LogP contribution in [0.4, 0.5) is 4.79 Å². The fourth-order valence-corrected chi connectivity index (χ4v) is 2.98. The Kier molecular flexibility index (Phi) is 3.84. The van der Waals surface area contributed by atoms with Gasteiger partial charge in [-0.25, -0.2) is 4.79 Å². The average molecular weight is 365 g/mol. The molecule has 0 atom stereocenters. The molecule has 2 heterocycles. The summed E-state index contributed by atoms with van der Waals surface area (Å²) in [6.45, 7) is 1.65. The Morgan fingerprint density at radius 1 is 1.11 bits per heavy atom. The standard InChI is InChI=1S/C18H15N5O4/c1-10-6-11(9-22-16(25)8-15(24)19-18(22)27)17(26)14(7-10)23-20-12-4-2-3-5-13(12)21-23/h2-7,26H,8-9H2,1H3,(H,19,24,27). The first-order valence-corrected chi connectivity index (χ1v) is 8.21. The molecule has 1 aliphatic heterocycles. The molecule has 0 spiro atoms. The van der Waals surface area contributed by atoms with Gasteiger partial charge in [0.15, 0.2) is 0 Å².